The summed E-state index contributed by atoms with van der Waals surface area (Å²) in [4.78, 5) is 6.47. The number of nitrogens with zero attached hydrogens (tertiary/aromatic N) is 4. The Morgan fingerprint density at radius 2 is 2.25 bits per heavy atom. The number of guanidine groups is 1. The highest BCUT2D eigenvalue weighted by Gasteiger charge is 2.15. The van der Waals surface area contributed by atoms with Crippen LogP contribution in [0.5, 0.6) is 0 Å². The highest BCUT2D eigenvalue weighted by atomic mass is 127. The number of aromatic nitrogens is 2. The van der Waals surface area contributed by atoms with E-state index in [9.17, 15) is 0 Å². The molecule has 0 aliphatic rings. The minimum Gasteiger partial charge on any atom is -0.370 e. The van der Waals surface area contributed by atoms with Gasteiger partial charge in [-0.15, -0.1) is 24.0 Å². The molecule has 20 heavy (non-hydrogen) atoms. The van der Waals surface area contributed by atoms with Crippen LogP contribution < -0.4 is 11.1 Å². The van der Waals surface area contributed by atoms with Gasteiger partial charge in [0.1, 0.15) is 0 Å². The van der Waals surface area contributed by atoms with E-state index in [0.29, 0.717) is 19.0 Å². The Bertz CT molecular complexity index is 451. The first-order valence-electron chi connectivity index (χ1n) is 6.23. The van der Waals surface area contributed by atoms with Gasteiger partial charge in [0.15, 0.2) is 5.96 Å². The smallest absolute Gasteiger partial charge is 0.188 e. The molecular formula is C13H25IN6. The third-order valence-electron chi connectivity index (χ3n) is 2.74. The molecule has 3 N–H and O–H groups in total. The molecule has 0 aliphatic carbocycles. The lowest BCUT2D eigenvalue weighted by atomic mass is 10.1. The number of rotatable bonds is 6. The van der Waals surface area contributed by atoms with Crippen LogP contribution >= 0.6 is 24.0 Å². The van der Waals surface area contributed by atoms with Gasteiger partial charge in [-0.1, -0.05) is 12.2 Å². The van der Waals surface area contributed by atoms with Gasteiger partial charge >= 0.3 is 0 Å². The highest BCUT2D eigenvalue weighted by Crippen LogP contribution is 2.17. The van der Waals surface area contributed by atoms with Crippen molar-refractivity contribution >= 4 is 29.9 Å². The number of aliphatic imine (C=N–C) groups is 1. The van der Waals surface area contributed by atoms with E-state index < -0.39 is 0 Å². The van der Waals surface area contributed by atoms with Crippen LogP contribution in [0.15, 0.2) is 29.5 Å². The van der Waals surface area contributed by atoms with Crippen LogP contribution in [0.4, 0.5) is 0 Å². The summed E-state index contributed by atoms with van der Waals surface area (Å²) in [5.41, 5.74) is 7.96. The zero-order chi connectivity index (χ0) is 14.4. The summed E-state index contributed by atoms with van der Waals surface area (Å²) in [7, 11) is 5.94. The van der Waals surface area contributed by atoms with Crippen molar-refractivity contribution in [2.45, 2.75) is 13.0 Å². The van der Waals surface area contributed by atoms with Gasteiger partial charge in [0.25, 0.3) is 0 Å². The number of hydrogen-bond donors (Lipinski definition) is 2. The molecule has 1 aromatic heterocycles. The second-order valence-electron chi connectivity index (χ2n) is 4.96. The van der Waals surface area contributed by atoms with E-state index in [-0.39, 0.29) is 30.0 Å². The highest BCUT2D eigenvalue weighted by molar-refractivity contribution is 14.0. The van der Waals surface area contributed by atoms with Crippen LogP contribution in [0.25, 0.3) is 0 Å². The zero-order valence-corrected chi connectivity index (χ0v) is 15.0. The molecule has 0 aliphatic heterocycles. The Balaban J connectivity index is 0.00000361. The Kier molecular flexibility index (Phi) is 8.47. The van der Waals surface area contributed by atoms with Crippen LogP contribution in [-0.2, 0) is 7.05 Å². The summed E-state index contributed by atoms with van der Waals surface area (Å²) >= 11 is 0. The molecule has 0 saturated carbocycles. The molecule has 0 amide bonds. The van der Waals surface area contributed by atoms with Gasteiger partial charge in [-0.3, -0.25) is 9.67 Å². The quantitative estimate of drug-likeness (QED) is 0.330. The molecule has 6 nitrogen and oxygen atoms in total. The van der Waals surface area contributed by atoms with Crippen LogP contribution in [0.2, 0.25) is 0 Å². The molecule has 0 spiro atoms. The SMILES string of the molecule is C=C(C)CNC(N)=NCC(c1cnn(C)c1)N(C)C.I. The maximum atomic E-state index is 5.81. The third kappa shape index (κ3) is 6.38. The predicted molar refractivity (Wildman–Crippen MR) is 94.4 cm³/mol. The van der Waals surface area contributed by atoms with E-state index >= 15 is 0 Å². The number of likely N-dealkylation sites (N-methyl/N-ethyl adjacent to an activating group) is 1. The molecule has 1 unspecified atom stereocenters. The van der Waals surface area contributed by atoms with E-state index in [4.69, 9.17) is 5.73 Å². The normalized spacial score (nSPS) is 12.9. The van der Waals surface area contributed by atoms with Crippen molar-refractivity contribution in [2.24, 2.45) is 17.8 Å². The van der Waals surface area contributed by atoms with Crippen molar-refractivity contribution in [3.63, 3.8) is 0 Å². The molecule has 0 saturated heterocycles. The molecule has 1 heterocycles. The van der Waals surface area contributed by atoms with Gasteiger partial charge in [0.2, 0.25) is 0 Å². The summed E-state index contributed by atoms with van der Waals surface area (Å²) < 4.78 is 1.79. The molecule has 114 valence electrons. The van der Waals surface area contributed by atoms with Crippen molar-refractivity contribution in [3.05, 3.63) is 30.1 Å². The minimum atomic E-state index is 0. The largest absolute Gasteiger partial charge is 0.370 e. The number of halogens is 1. The number of hydrogen-bond acceptors (Lipinski definition) is 3. The van der Waals surface area contributed by atoms with Crippen LogP contribution in [-0.4, -0.2) is 47.8 Å². The third-order valence-corrected chi connectivity index (χ3v) is 2.74. The molecule has 1 atom stereocenters. The average Bonchev–Trinajstić information content (AvgIpc) is 2.73. The van der Waals surface area contributed by atoms with Gasteiger partial charge in [-0.05, 0) is 21.0 Å². The van der Waals surface area contributed by atoms with E-state index in [2.05, 4.69) is 26.9 Å². The van der Waals surface area contributed by atoms with E-state index in [0.717, 1.165) is 11.1 Å². The summed E-state index contributed by atoms with van der Waals surface area (Å²) in [6.07, 6.45) is 3.86. The van der Waals surface area contributed by atoms with E-state index in [1.807, 2.05) is 40.5 Å². The van der Waals surface area contributed by atoms with Crippen molar-refractivity contribution in [2.75, 3.05) is 27.2 Å². The Hall–Kier alpha value is -1.09. The van der Waals surface area contributed by atoms with Crippen molar-refractivity contribution in [1.82, 2.24) is 20.0 Å². The molecule has 0 fully saturated rings. The first-order chi connectivity index (χ1) is 8.90. The summed E-state index contributed by atoms with van der Waals surface area (Å²) in [5.74, 6) is 0.443. The lowest BCUT2D eigenvalue weighted by Crippen LogP contribution is -2.34. The summed E-state index contributed by atoms with van der Waals surface area (Å²) in [6.45, 7) is 6.99. The van der Waals surface area contributed by atoms with Crippen molar-refractivity contribution < 1.29 is 0 Å². The monoisotopic (exact) mass is 392 g/mol. The Morgan fingerprint density at radius 1 is 1.60 bits per heavy atom. The first kappa shape index (κ1) is 18.9. The van der Waals surface area contributed by atoms with E-state index in [1.54, 1.807) is 4.68 Å². The zero-order valence-electron chi connectivity index (χ0n) is 12.6. The summed E-state index contributed by atoms with van der Waals surface area (Å²) in [6, 6.07) is 0.166. The molecule has 7 heteroatoms. The fourth-order valence-electron chi connectivity index (χ4n) is 1.66. The standard InChI is InChI=1S/C13H24N6.HI/c1-10(2)6-15-13(14)16-8-12(18(3)4)11-7-17-19(5)9-11;/h7,9,12H,1,6,8H2,2-5H3,(H3,14,15,16);1H. The number of aryl methyl sites for hydroxylation is 1. The predicted octanol–water partition coefficient (Wildman–Crippen LogP) is 1.12. The molecule has 1 rings (SSSR count). The van der Waals surface area contributed by atoms with Gasteiger partial charge in [0.05, 0.1) is 18.8 Å². The average molecular weight is 392 g/mol. The molecule has 1 aromatic rings. The number of nitrogens with one attached hydrogen (secondary N) is 1. The molecular weight excluding hydrogens is 367 g/mol. The molecule has 0 radical (unpaired) electrons. The maximum absolute atomic E-state index is 5.81. The number of nitrogens with two attached hydrogens (primary N) is 1. The lowest BCUT2D eigenvalue weighted by Gasteiger charge is -2.21. The van der Waals surface area contributed by atoms with Gasteiger partial charge in [0, 0.05) is 25.4 Å². The van der Waals surface area contributed by atoms with Crippen LogP contribution in [0.3, 0.4) is 0 Å². The summed E-state index contributed by atoms with van der Waals surface area (Å²) in [5, 5.41) is 7.21. The molecule has 0 bridgehead atoms. The first-order valence-corrected chi connectivity index (χ1v) is 6.23. The van der Waals surface area contributed by atoms with Crippen LogP contribution in [0, 0.1) is 0 Å². The lowest BCUT2D eigenvalue weighted by molar-refractivity contribution is 0.306. The van der Waals surface area contributed by atoms with E-state index in [1.165, 1.54) is 0 Å². The van der Waals surface area contributed by atoms with Crippen molar-refractivity contribution in [3.8, 4) is 0 Å². The Labute approximate surface area is 138 Å². The maximum Gasteiger partial charge on any atom is 0.188 e. The second kappa shape index (κ2) is 8.96. The van der Waals surface area contributed by atoms with Gasteiger partial charge < -0.3 is 16.0 Å². The Morgan fingerprint density at radius 3 is 2.70 bits per heavy atom. The van der Waals surface area contributed by atoms with Crippen LogP contribution in [0.1, 0.15) is 18.5 Å². The van der Waals surface area contributed by atoms with Gasteiger partial charge in [-0.2, -0.15) is 5.10 Å². The topological polar surface area (TPSA) is 71.5 Å². The molecule has 0 aromatic carbocycles. The fourth-order valence-corrected chi connectivity index (χ4v) is 1.66. The van der Waals surface area contributed by atoms with Crippen molar-refractivity contribution in [1.29, 1.82) is 0 Å². The fraction of sp³-hybridized carbons (Fsp3) is 0.538. The van der Waals surface area contributed by atoms with Gasteiger partial charge in [-0.25, -0.2) is 0 Å². The second-order valence-corrected chi connectivity index (χ2v) is 4.96. The minimum absolute atomic E-state index is 0.